The van der Waals surface area contributed by atoms with Crippen LogP contribution in [0.2, 0.25) is 0 Å². The van der Waals surface area contributed by atoms with E-state index in [2.05, 4.69) is 19.2 Å². The second kappa shape index (κ2) is 8.94. The van der Waals surface area contributed by atoms with Crippen LogP contribution in [0, 0.1) is 11.6 Å². The number of amides is 1. The van der Waals surface area contributed by atoms with Crippen LogP contribution in [0.1, 0.15) is 25.3 Å². The molecule has 138 valence electrons. The van der Waals surface area contributed by atoms with E-state index in [0.29, 0.717) is 17.7 Å². The van der Waals surface area contributed by atoms with Crippen molar-refractivity contribution in [3.05, 3.63) is 59.7 Å². The van der Waals surface area contributed by atoms with Gasteiger partial charge in [-0.3, -0.25) is 4.79 Å². The largest absolute Gasteiger partial charge is 0.482 e. The maximum absolute atomic E-state index is 13.4. The molecule has 7 heteroatoms. The van der Waals surface area contributed by atoms with E-state index in [4.69, 9.17) is 9.47 Å². The Hall–Kier alpha value is -2.96. The Morgan fingerprint density at radius 2 is 1.73 bits per heavy atom. The minimum Gasteiger partial charge on any atom is -0.482 e. The van der Waals surface area contributed by atoms with E-state index < -0.39 is 30.1 Å². The van der Waals surface area contributed by atoms with Crippen LogP contribution in [0.5, 0.6) is 5.75 Å². The third kappa shape index (κ3) is 5.84. The van der Waals surface area contributed by atoms with E-state index in [1.807, 2.05) is 12.1 Å². The molecule has 0 aromatic heterocycles. The monoisotopic (exact) mass is 363 g/mol. The van der Waals surface area contributed by atoms with Crippen LogP contribution in [0.3, 0.4) is 0 Å². The minimum absolute atomic E-state index is 0.200. The molecule has 2 rings (SSSR count). The third-order valence-electron chi connectivity index (χ3n) is 3.47. The molecule has 1 N–H and O–H groups in total. The van der Waals surface area contributed by atoms with Crippen molar-refractivity contribution in [1.82, 2.24) is 0 Å². The third-order valence-corrected chi connectivity index (χ3v) is 3.47. The highest BCUT2D eigenvalue weighted by atomic mass is 19.1. The summed E-state index contributed by atoms with van der Waals surface area (Å²) in [4.78, 5) is 23.2. The highest BCUT2D eigenvalue weighted by Gasteiger charge is 2.11. The average molecular weight is 363 g/mol. The van der Waals surface area contributed by atoms with Crippen LogP contribution >= 0.6 is 0 Å². The summed E-state index contributed by atoms with van der Waals surface area (Å²) in [5, 5.41) is 2.18. The van der Waals surface area contributed by atoms with Crippen LogP contribution in [0.25, 0.3) is 0 Å². The number of esters is 1. The fraction of sp³-hybridized carbons (Fsp3) is 0.263. The Balaban J connectivity index is 1.74. The molecule has 1 amide bonds. The smallest absolute Gasteiger partial charge is 0.344 e. The summed E-state index contributed by atoms with van der Waals surface area (Å²) < 4.78 is 36.2. The van der Waals surface area contributed by atoms with E-state index in [1.54, 1.807) is 12.1 Å². The van der Waals surface area contributed by atoms with Gasteiger partial charge in [0.2, 0.25) is 0 Å². The van der Waals surface area contributed by atoms with Crippen LogP contribution < -0.4 is 10.1 Å². The molecule has 2 aromatic rings. The van der Waals surface area contributed by atoms with Crippen molar-refractivity contribution < 1.29 is 27.8 Å². The number of hydrogen-bond acceptors (Lipinski definition) is 4. The molecule has 0 spiro atoms. The standard InChI is InChI=1S/C19H19F2NO4/c1-12(2)13-3-6-15(7-4-13)25-11-19(24)26-10-18(23)22-17-8-5-14(20)9-16(17)21/h3-9,12H,10-11H2,1-2H3,(H,22,23). The van der Waals surface area contributed by atoms with Gasteiger partial charge < -0.3 is 14.8 Å². The Kier molecular flexibility index (Phi) is 6.66. The van der Waals surface area contributed by atoms with Gasteiger partial charge in [-0.15, -0.1) is 0 Å². The summed E-state index contributed by atoms with van der Waals surface area (Å²) in [5.41, 5.74) is 0.943. The lowest BCUT2D eigenvalue weighted by Crippen LogP contribution is -2.24. The van der Waals surface area contributed by atoms with E-state index in [-0.39, 0.29) is 12.3 Å². The summed E-state index contributed by atoms with van der Waals surface area (Å²) in [7, 11) is 0. The number of halogens is 2. The molecule has 0 aliphatic heterocycles. The van der Waals surface area contributed by atoms with Gasteiger partial charge in [0, 0.05) is 6.07 Å². The second-order valence-electron chi connectivity index (χ2n) is 5.85. The molecule has 0 aliphatic rings. The summed E-state index contributed by atoms with van der Waals surface area (Å²) in [6, 6.07) is 10.0. The van der Waals surface area contributed by atoms with Crippen LogP contribution in [0.4, 0.5) is 14.5 Å². The molecule has 0 saturated heterocycles. The van der Waals surface area contributed by atoms with Gasteiger partial charge in [0.15, 0.2) is 13.2 Å². The number of benzene rings is 2. The second-order valence-corrected chi connectivity index (χ2v) is 5.85. The number of carbonyl (C=O) groups excluding carboxylic acids is 2. The van der Waals surface area contributed by atoms with Crippen molar-refractivity contribution in [2.75, 3.05) is 18.5 Å². The molecular weight excluding hydrogens is 344 g/mol. The van der Waals surface area contributed by atoms with Gasteiger partial charge in [-0.1, -0.05) is 26.0 Å². The van der Waals surface area contributed by atoms with Crippen LogP contribution in [-0.4, -0.2) is 25.1 Å². The summed E-state index contributed by atoms with van der Waals surface area (Å²) in [6.07, 6.45) is 0. The molecule has 0 heterocycles. The number of ether oxygens (including phenoxy) is 2. The first-order valence-corrected chi connectivity index (χ1v) is 7.98. The van der Waals surface area contributed by atoms with Gasteiger partial charge in [-0.05, 0) is 35.7 Å². The number of anilines is 1. The normalized spacial score (nSPS) is 10.5. The molecule has 0 fully saturated rings. The fourth-order valence-electron chi connectivity index (χ4n) is 2.06. The van der Waals surface area contributed by atoms with Gasteiger partial charge >= 0.3 is 5.97 Å². The van der Waals surface area contributed by atoms with E-state index in [9.17, 15) is 18.4 Å². The molecular formula is C19H19F2NO4. The Morgan fingerprint density at radius 1 is 1.04 bits per heavy atom. The SMILES string of the molecule is CC(C)c1ccc(OCC(=O)OCC(=O)Nc2ccc(F)cc2F)cc1. The highest BCUT2D eigenvalue weighted by Crippen LogP contribution is 2.18. The Bertz CT molecular complexity index is 776. The zero-order chi connectivity index (χ0) is 19.1. The van der Waals surface area contributed by atoms with Gasteiger partial charge in [-0.2, -0.15) is 0 Å². The topological polar surface area (TPSA) is 64.6 Å². The molecule has 0 atom stereocenters. The van der Waals surface area contributed by atoms with E-state index >= 15 is 0 Å². The zero-order valence-corrected chi connectivity index (χ0v) is 14.4. The molecule has 0 saturated carbocycles. The van der Waals surface area contributed by atoms with E-state index in [0.717, 1.165) is 17.7 Å². The summed E-state index contributed by atoms with van der Waals surface area (Å²) in [5.74, 6) is -2.27. The molecule has 0 unspecified atom stereocenters. The number of carbonyl (C=O) groups is 2. The average Bonchev–Trinajstić information content (AvgIpc) is 2.61. The predicted molar refractivity (Wildman–Crippen MR) is 92.0 cm³/mol. The minimum atomic E-state index is -0.919. The maximum atomic E-state index is 13.4. The molecule has 2 aromatic carbocycles. The highest BCUT2D eigenvalue weighted by molar-refractivity contribution is 5.92. The van der Waals surface area contributed by atoms with Gasteiger partial charge in [0.25, 0.3) is 5.91 Å². The van der Waals surface area contributed by atoms with Crippen LogP contribution in [-0.2, 0) is 14.3 Å². The number of nitrogens with one attached hydrogen (secondary N) is 1. The zero-order valence-electron chi connectivity index (χ0n) is 14.4. The van der Waals surface area contributed by atoms with E-state index in [1.165, 1.54) is 0 Å². The number of rotatable bonds is 7. The van der Waals surface area contributed by atoms with Crippen molar-refractivity contribution in [2.24, 2.45) is 0 Å². The van der Waals surface area contributed by atoms with Gasteiger partial charge in [0.1, 0.15) is 17.4 Å². The first-order chi connectivity index (χ1) is 12.3. The lowest BCUT2D eigenvalue weighted by Gasteiger charge is -2.09. The molecule has 0 aliphatic carbocycles. The molecule has 0 bridgehead atoms. The fourth-order valence-corrected chi connectivity index (χ4v) is 2.06. The van der Waals surface area contributed by atoms with Gasteiger partial charge in [-0.25, -0.2) is 13.6 Å². The quantitative estimate of drug-likeness (QED) is 0.763. The number of hydrogen-bond donors (Lipinski definition) is 1. The van der Waals surface area contributed by atoms with Crippen molar-refractivity contribution in [2.45, 2.75) is 19.8 Å². The molecule has 26 heavy (non-hydrogen) atoms. The predicted octanol–water partition coefficient (Wildman–Crippen LogP) is 3.65. The van der Waals surface area contributed by atoms with Crippen molar-refractivity contribution >= 4 is 17.6 Å². The van der Waals surface area contributed by atoms with Crippen molar-refractivity contribution in [3.8, 4) is 5.75 Å². The first-order valence-electron chi connectivity index (χ1n) is 7.98. The van der Waals surface area contributed by atoms with Crippen molar-refractivity contribution in [3.63, 3.8) is 0 Å². The summed E-state index contributed by atoms with van der Waals surface area (Å²) >= 11 is 0. The lowest BCUT2D eigenvalue weighted by molar-refractivity contribution is -0.149. The Labute approximate surface area is 149 Å². The maximum Gasteiger partial charge on any atom is 0.344 e. The lowest BCUT2D eigenvalue weighted by atomic mass is 10.0. The first kappa shape index (κ1) is 19.4. The molecule has 0 radical (unpaired) electrons. The van der Waals surface area contributed by atoms with Crippen LogP contribution in [0.15, 0.2) is 42.5 Å². The summed E-state index contributed by atoms with van der Waals surface area (Å²) in [6.45, 7) is 3.16. The Morgan fingerprint density at radius 3 is 2.35 bits per heavy atom. The molecule has 5 nitrogen and oxygen atoms in total. The van der Waals surface area contributed by atoms with Crippen molar-refractivity contribution in [1.29, 1.82) is 0 Å². The van der Waals surface area contributed by atoms with Gasteiger partial charge in [0.05, 0.1) is 5.69 Å².